The maximum absolute atomic E-state index is 13.1. The molecule has 33 heavy (non-hydrogen) atoms. The van der Waals surface area contributed by atoms with E-state index < -0.39 is 17.5 Å². The molecule has 0 aromatic heterocycles. The van der Waals surface area contributed by atoms with Crippen LogP contribution in [-0.2, 0) is 4.74 Å². The van der Waals surface area contributed by atoms with Crippen molar-refractivity contribution in [1.82, 2.24) is 5.32 Å². The molecule has 6 heteroatoms. The maximum Gasteiger partial charge on any atom is 0.338 e. The zero-order chi connectivity index (χ0) is 25.0. The number of benzene rings is 2. The highest BCUT2D eigenvalue weighted by atomic mass is 35.5. The third kappa shape index (κ3) is 6.51. The molecule has 0 bridgehead atoms. The maximum atomic E-state index is 13.1. The van der Waals surface area contributed by atoms with Gasteiger partial charge in [-0.25, -0.2) is 4.79 Å². The molecule has 1 atom stereocenters. The molecule has 0 saturated heterocycles. The lowest BCUT2D eigenvalue weighted by Gasteiger charge is -2.51. The Morgan fingerprint density at radius 1 is 0.818 bits per heavy atom. The summed E-state index contributed by atoms with van der Waals surface area (Å²) in [5.41, 5.74) is 0.0934. The topological polar surface area (TPSA) is 55.4 Å². The molecule has 180 valence electrons. The Bertz CT molecular complexity index is 937. The molecule has 1 unspecified atom stereocenters. The second kappa shape index (κ2) is 10.9. The number of hydrogen-bond donors (Lipinski definition) is 1. The van der Waals surface area contributed by atoms with Crippen LogP contribution in [-0.4, -0.2) is 24.5 Å². The first-order valence-corrected chi connectivity index (χ1v) is 12.0. The number of amides is 1. The fraction of sp³-hybridized carbons (Fsp3) is 0.481. The van der Waals surface area contributed by atoms with Crippen LogP contribution in [0.2, 0.25) is 10.0 Å². The number of carbonyl (C=O) groups excluding carboxylic acids is 2. The number of ether oxygens (including phenoxy) is 1. The van der Waals surface area contributed by atoms with Gasteiger partial charge >= 0.3 is 5.97 Å². The summed E-state index contributed by atoms with van der Waals surface area (Å²) in [7, 11) is 0. The van der Waals surface area contributed by atoms with E-state index in [2.05, 4.69) is 53.8 Å². The molecule has 0 radical (unpaired) electrons. The van der Waals surface area contributed by atoms with Crippen molar-refractivity contribution in [3.05, 3.63) is 69.7 Å². The van der Waals surface area contributed by atoms with Crippen LogP contribution < -0.4 is 5.32 Å². The molecular weight excluding hydrogens is 457 g/mol. The van der Waals surface area contributed by atoms with Crippen molar-refractivity contribution >= 4 is 35.1 Å². The summed E-state index contributed by atoms with van der Waals surface area (Å²) in [6, 6.07) is 13.5. The molecule has 0 saturated carbocycles. The third-order valence-electron chi connectivity index (χ3n) is 6.39. The summed E-state index contributed by atoms with van der Waals surface area (Å²) in [6.45, 7) is 15.0. The molecule has 1 N–H and O–H groups in total. The van der Waals surface area contributed by atoms with Crippen LogP contribution in [0.3, 0.4) is 0 Å². The fourth-order valence-electron chi connectivity index (χ4n) is 4.56. The molecule has 0 aliphatic carbocycles. The average molecular weight is 492 g/mol. The number of hydrogen-bond acceptors (Lipinski definition) is 3. The van der Waals surface area contributed by atoms with E-state index in [1.165, 1.54) is 0 Å². The van der Waals surface area contributed by atoms with Crippen molar-refractivity contribution < 1.29 is 14.3 Å². The lowest BCUT2D eigenvalue weighted by Crippen LogP contribution is -2.57. The van der Waals surface area contributed by atoms with Crippen molar-refractivity contribution in [1.29, 1.82) is 0 Å². The summed E-state index contributed by atoms with van der Waals surface area (Å²) in [6.07, 6.45) is -0.460. The van der Waals surface area contributed by atoms with Crippen molar-refractivity contribution in [2.24, 2.45) is 22.7 Å². The second-order valence-corrected chi connectivity index (χ2v) is 11.1. The molecule has 1 amide bonds. The van der Waals surface area contributed by atoms with Crippen LogP contribution in [0.5, 0.6) is 0 Å². The molecule has 0 aliphatic rings. The van der Waals surface area contributed by atoms with Gasteiger partial charge in [-0.05, 0) is 65.8 Å². The number of halogens is 2. The van der Waals surface area contributed by atoms with Gasteiger partial charge in [0.25, 0.3) is 5.91 Å². The summed E-state index contributed by atoms with van der Waals surface area (Å²) < 4.78 is 6.23. The molecule has 2 aromatic rings. The largest absolute Gasteiger partial charge is 0.458 e. The van der Waals surface area contributed by atoms with Gasteiger partial charge in [0.05, 0.1) is 5.56 Å². The minimum Gasteiger partial charge on any atom is -0.458 e. The molecular formula is C27H35Cl2NO3. The highest BCUT2D eigenvalue weighted by Crippen LogP contribution is 2.47. The van der Waals surface area contributed by atoms with Gasteiger partial charge in [0, 0.05) is 27.6 Å². The second-order valence-electron chi connectivity index (χ2n) is 10.3. The van der Waals surface area contributed by atoms with E-state index in [4.69, 9.17) is 27.9 Å². The van der Waals surface area contributed by atoms with Gasteiger partial charge in [0.2, 0.25) is 0 Å². The Morgan fingerprint density at radius 2 is 1.24 bits per heavy atom. The molecule has 0 aliphatic heterocycles. The van der Waals surface area contributed by atoms with Gasteiger partial charge in [0.1, 0.15) is 6.10 Å². The monoisotopic (exact) mass is 491 g/mol. The van der Waals surface area contributed by atoms with Gasteiger partial charge in [-0.15, -0.1) is 0 Å². The van der Waals surface area contributed by atoms with E-state index in [0.717, 1.165) is 0 Å². The average Bonchev–Trinajstić information content (AvgIpc) is 2.72. The Hall–Kier alpha value is -2.04. The quantitative estimate of drug-likeness (QED) is 0.394. The Balaban J connectivity index is 2.40. The molecule has 4 nitrogen and oxygen atoms in total. The number of carbonyl (C=O) groups is 2. The fourth-order valence-corrected chi connectivity index (χ4v) is 4.82. The smallest absolute Gasteiger partial charge is 0.338 e. The van der Waals surface area contributed by atoms with Gasteiger partial charge < -0.3 is 10.1 Å². The SMILES string of the molecule is CC(C)C(CNC(=O)c1ccc(Cl)cc1)(C(C)C)C(OC(=O)c1ccc(Cl)cc1)C(C)(C)C. The molecule has 2 rings (SSSR count). The summed E-state index contributed by atoms with van der Waals surface area (Å²) in [4.78, 5) is 26.1. The van der Waals surface area contributed by atoms with Crippen LogP contribution in [0.15, 0.2) is 48.5 Å². The predicted octanol–water partition coefficient (Wildman–Crippen LogP) is 7.29. The minimum absolute atomic E-state index is 0.116. The van der Waals surface area contributed by atoms with E-state index in [1.807, 2.05) is 0 Å². The van der Waals surface area contributed by atoms with Crippen LogP contribution in [0.4, 0.5) is 0 Å². The van der Waals surface area contributed by atoms with E-state index in [-0.39, 0.29) is 23.2 Å². The van der Waals surface area contributed by atoms with E-state index in [9.17, 15) is 9.59 Å². The van der Waals surface area contributed by atoms with Crippen molar-refractivity contribution in [3.63, 3.8) is 0 Å². The Kier molecular flexibility index (Phi) is 9.01. The number of esters is 1. The first-order valence-electron chi connectivity index (χ1n) is 11.3. The number of rotatable bonds is 8. The zero-order valence-corrected chi connectivity index (χ0v) is 22.1. The third-order valence-corrected chi connectivity index (χ3v) is 6.89. The summed E-state index contributed by atoms with van der Waals surface area (Å²) >= 11 is 11.9. The molecule has 0 heterocycles. The zero-order valence-electron chi connectivity index (χ0n) is 20.5. The normalized spacial score (nSPS) is 13.2. The van der Waals surface area contributed by atoms with E-state index in [1.54, 1.807) is 48.5 Å². The predicted molar refractivity (Wildman–Crippen MR) is 136 cm³/mol. The van der Waals surface area contributed by atoms with Crippen molar-refractivity contribution in [3.8, 4) is 0 Å². The summed E-state index contributed by atoms with van der Waals surface area (Å²) in [5, 5.41) is 4.24. The first-order chi connectivity index (χ1) is 15.3. The minimum atomic E-state index is -0.511. The van der Waals surface area contributed by atoms with Crippen LogP contribution in [0.25, 0.3) is 0 Å². The first kappa shape index (κ1) is 27.2. The van der Waals surface area contributed by atoms with Crippen LogP contribution in [0.1, 0.15) is 69.2 Å². The van der Waals surface area contributed by atoms with Gasteiger partial charge in [-0.2, -0.15) is 0 Å². The highest BCUT2D eigenvalue weighted by molar-refractivity contribution is 6.31. The molecule has 2 aromatic carbocycles. The Labute approximate surface area is 208 Å². The number of nitrogens with one attached hydrogen (secondary N) is 1. The van der Waals surface area contributed by atoms with Crippen molar-refractivity contribution in [2.75, 3.05) is 6.54 Å². The van der Waals surface area contributed by atoms with E-state index in [0.29, 0.717) is 27.7 Å². The summed E-state index contributed by atoms with van der Waals surface area (Å²) in [5.74, 6) is -0.356. The van der Waals surface area contributed by atoms with Gasteiger partial charge in [-0.1, -0.05) is 71.7 Å². The standard InChI is InChI=1S/C27H35Cl2NO3/c1-17(2)27(18(3)4,16-30-23(31)19-8-12-21(28)13-9-19)25(26(5,6)7)33-24(32)20-10-14-22(29)15-11-20/h8-15,17-18,25H,16H2,1-7H3,(H,30,31). The van der Waals surface area contributed by atoms with Crippen LogP contribution in [0, 0.1) is 22.7 Å². The lowest BCUT2D eigenvalue weighted by molar-refractivity contribution is -0.109. The highest BCUT2D eigenvalue weighted by Gasteiger charge is 2.51. The van der Waals surface area contributed by atoms with E-state index >= 15 is 0 Å². The molecule has 0 fully saturated rings. The Morgan fingerprint density at radius 3 is 1.64 bits per heavy atom. The van der Waals surface area contributed by atoms with Gasteiger partial charge in [-0.3, -0.25) is 4.79 Å². The van der Waals surface area contributed by atoms with Crippen LogP contribution >= 0.6 is 23.2 Å². The lowest BCUT2D eigenvalue weighted by atomic mass is 9.59. The molecule has 0 spiro atoms. The van der Waals surface area contributed by atoms with Crippen molar-refractivity contribution in [2.45, 2.75) is 54.6 Å². The van der Waals surface area contributed by atoms with Gasteiger partial charge in [0.15, 0.2) is 0 Å².